The van der Waals surface area contributed by atoms with E-state index in [0.717, 1.165) is 44.7 Å². The number of carboxylic acid groups (broad SMARTS) is 1. The van der Waals surface area contributed by atoms with Crippen LogP contribution in [0.15, 0.2) is 36.4 Å². The lowest BCUT2D eigenvalue weighted by Crippen LogP contribution is -2.56. The molecule has 1 amide bonds. The average Bonchev–Trinajstić information content (AvgIpc) is 2.71. The Morgan fingerprint density at radius 2 is 1.82 bits per heavy atom. The van der Waals surface area contributed by atoms with E-state index in [1.807, 2.05) is 41.3 Å². The predicted molar refractivity (Wildman–Crippen MR) is 110 cm³/mol. The minimum absolute atomic E-state index is 0.0148. The molecular weight excluding hydrogens is 354 g/mol. The first-order valence-corrected chi connectivity index (χ1v) is 10.2. The predicted octanol–water partition coefficient (Wildman–Crippen LogP) is 2.03. The van der Waals surface area contributed by atoms with Crippen molar-refractivity contribution in [3.8, 4) is 0 Å². The molecule has 1 N–H and O–H groups in total. The van der Waals surface area contributed by atoms with Crippen LogP contribution in [0, 0.1) is 5.92 Å². The molecule has 2 saturated heterocycles. The van der Waals surface area contributed by atoms with E-state index in [0.29, 0.717) is 19.0 Å². The molecule has 2 aliphatic rings. The van der Waals surface area contributed by atoms with Crippen LogP contribution in [0.25, 0.3) is 6.08 Å². The van der Waals surface area contributed by atoms with Crippen LogP contribution >= 0.6 is 0 Å². The maximum atomic E-state index is 12.7. The largest absolute Gasteiger partial charge is 0.481 e. The first kappa shape index (κ1) is 20.6. The van der Waals surface area contributed by atoms with Crippen molar-refractivity contribution in [1.29, 1.82) is 0 Å². The number of hydrogen-bond acceptors (Lipinski definition) is 4. The van der Waals surface area contributed by atoms with Gasteiger partial charge in [0.15, 0.2) is 0 Å². The van der Waals surface area contributed by atoms with Gasteiger partial charge in [-0.05, 0) is 37.4 Å². The summed E-state index contributed by atoms with van der Waals surface area (Å²) in [6.07, 6.45) is 5.19. The minimum atomic E-state index is -0.760. The Hall–Kier alpha value is -2.18. The quantitative estimate of drug-likeness (QED) is 0.759. The molecule has 1 aromatic rings. The number of benzene rings is 1. The molecule has 1 aromatic carbocycles. The second-order valence-corrected chi connectivity index (χ2v) is 7.92. The van der Waals surface area contributed by atoms with Gasteiger partial charge in [-0.25, -0.2) is 0 Å². The summed E-state index contributed by atoms with van der Waals surface area (Å²) in [5.41, 5.74) is 1.01. The number of hydrogen-bond donors (Lipinski definition) is 1. The third kappa shape index (κ3) is 5.66. The number of likely N-dealkylation sites (N-methyl/N-ethyl adjacent to an activating group) is 1. The lowest BCUT2D eigenvalue weighted by molar-refractivity contribution is -0.137. The smallest absolute Gasteiger partial charge is 0.303 e. The van der Waals surface area contributed by atoms with Crippen LogP contribution in [0.2, 0.25) is 0 Å². The molecule has 2 heterocycles. The number of carboxylic acids is 1. The monoisotopic (exact) mass is 385 g/mol. The second-order valence-electron chi connectivity index (χ2n) is 7.92. The summed E-state index contributed by atoms with van der Waals surface area (Å²) in [6.45, 7) is 5.51. The molecule has 0 spiro atoms. The van der Waals surface area contributed by atoms with Gasteiger partial charge in [-0.15, -0.1) is 0 Å². The summed E-state index contributed by atoms with van der Waals surface area (Å²) in [5, 5.41) is 9.15. The molecule has 0 aromatic heterocycles. The molecule has 28 heavy (non-hydrogen) atoms. The summed E-state index contributed by atoms with van der Waals surface area (Å²) in [6, 6.07) is 10.2. The molecule has 2 fully saturated rings. The summed E-state index contributed by atoms with van der Waals surface area (Å²) < 4.78 is 0. The van der Waals surface area contributed by atoms with Crippen molar-refractivity contribution < 1.29 is 14.7 Å². The highest BCUT2D eigenvalue weighted by atomic mass is 16.4. The summed E-state index contributed by atoms with van der Waals surface area (Å²) in [4.78, 5) is 30.5. The molecule has 6 heteroatoms. The summed E-state index contributed by atoms with van der Waals surface area (Å²) in [5.74, 6) is -0.534. The number of nitrogens with zero attached hydrogens (tertiary/aromatic N) is 3. The van der Waals surface area contributed by atoms with E-state index < -0.39 is 5.97 Å². The molecule has 0 unspecified atom stereocenters. The molecule has 6 nitrogen and oxygen atoms in total. The van der Waals surface area contributed by atoms with E-state index in [-0.39, 0.29) is 18.2 Å². The van der Waals surface area contributed by atoms with E-state index in [1.54, 1.807) is 6.08 Å². The third-order valence-corrected chi connectivity index (χ3v) is 5.96. The molecule has 2 aliphatic heterocycles. The minimum Gasteiger partial charge on any atom is -0.481 e. The number of piperazine rings is 1. The lowest BCUT2D eigenvalue weighted by atomic mass is 9.86. The molecule has 0 aliphatic carbocycles. The fraction of sp³-hybridized carbons (Fsp3) is 0.545. The topological polar surface area (TPSA) is 64.1 Å². The van der Waals surface area contributed by atoms with E-state index in [9.17, 15) is 9.59 Å². The Bertz CT molecular complexity index is 684. The third-order valence-electron chi connectivity index (χ3n) is 5.96. The van der Waals surface area contributed by atoms with E-state index in [2.05, 4.69) is 16.8 Å². The zero-order valence-corrected chi connectivity index (χ0v) is 16.7. The zero-order valence-electron chi connectivity index (χ0n) is 16.7. The van der Waals surface area contributed by atoms with Gasteiger partial charge in [0.05, 0.1) is 0 Å². The van der Waals surface area contributed by atoms with Gasteiger partial charge in [-0.2, -0.15) is 0 Å². The van der Waals surface area contributed by atoms with Gasteiger partial charge >= 0.3 is 5.97 Å². The highest BCUT2D eigenvalue weighted by molar-refractivity contribution is 5.91. The standard InChI is InChI=1S/C22H31N3O3/c1-23-13-15-24(16-14-23)20-11-12-25(17-19(20)8-10-22(27)28)21(26)9-7-18-5-3-2-4-6-18/h2-7,9,19-20H,8,10-17H2,1H3,(H,27,28)/b9-7+/t19-,20+/m0/s1. The molecule has 152 valence electrons. The average molecular weight is 386 g/mol. The van der Waals surface area contributed by atoms with Gasteiger partial charge in [0.25, 0.3) is 0 Å². The normalized spacial score (nSPS) is 24.5. The molecule has 0 saturated carbocycles. The molecular formula is C22H31N3O3. The van der Waals surface area contributed by atoms with Crippen molar-refractivity contribution in [3.63, 3.8) is 0 Å². The second kappa shape index (κ2) is 9.85. The van der Waals surface area contributed by atoms with Crippen LogP contribution in [0.5, 0.6) is 0 Å². The number of rotatable bonds is 6. The molecule has 2 atom stereocenters. The van der Waals surface area contributed by atoms with Gasteiger partial charge in [0.2, 0.25) is 5.91 Å². The Morgan fingerprint density at radius 1 is 1.11 bits per heavy atom. The van der Waals surface area contributed by atoms with Crippen molar-refractivity contribution in [1.82, 2.24) is 14.7 Å². The number of piperidine rings is 1. The molecule has 0 bridgehead atoms. The Balaban J connectivity index is 1.63. The number of aliphatic carboxylic acids is 1. The maximum absolute atomic E-state index is 12.7. The maximum Gasteiger partial charge on any atom is 0.303 e. The summed E-state index contributed by atoms with van der Waals surface area (Å²) in [7, 11) is 2.14. The van der Waals surface area contributed by atoms with Crippen molar-refractivity contribution in [2.45, 2.75) is 25.3 Å². The SMILES string of the molecule is CN1CCN([C@@H]2CCN(C(=O)/C=C/c3ccccc3)C[C@@H]2CCC(=O)O)CC1. The van der Waals surface area contributed by atoms with Gasteiger partial charge in [-0.3, -0.25) is 14.5 Å². The van der Waals surface area contributed by atoms with Gasteiger partial charge in [0.1, 0.15) is 0 Å². The van der Waals surface area contributed by atoms with Crippen LogP contribution in [0.3, 0.4) is 0 Å². The number of carbonyl (C=O) groups is 2. The van der Waals surface area contributed by atoms with Crippen molar-refractivity contribution in [2.75, 3.05) is 46.3 Å². The fourth-order valence-electron chi connectivity index (χ4n) is 4.28. The Morgan fingerprint density at radius 3 is 2.50 bits per heavy atom. The number of carbonyl (C=O) groups excluding carboxylic acids is 1. The fourth-order valence-corrected chi connectivity index (χ4v) is 4.28. The van der Waals surface area contributed by atoms with Crippen LogP contribution in [0.4, 0.5) is 0 Å². The summed E-state index contributed by atoms with van der Waals surface area (Å²) >= 11 is 0. The first-order chi connectivity index (χ1) is 13.5. The van der Waals surface area contributed by atoms with E-state index in [1.165, 1.54) is 0 Å². The Kier molecular flexibility index (Phi) is 7.23. The zero-order chi connectivity index (χ0) is 19.9. The van der Waals surface area contributed by atoms with Crippen LogP contribution < -0.4 is 0 Å². The lowest BCUT2D eigenvalue weighted by Gasteiger charge is -2.46. The number of amides is 1. The Labute approximate surface area is 167 Å². The van der Waals surface area contributed by atoms with Crippen molar-refractivity contribution in [2.24, 2.45) is 5.92 Å². The number of likely N-dealkylation sites (tertiary alicyclic amines) is 1. The van der Waals surface area contributed by atoms with E-state index >= 15 is 0 Å². The highest BCUT2D eigenvalue weighted by Gasteiger charge is 2.35. The van der Waals surface area contributed by atoms with Crippen LogP contribution in [0.1, 0.15) is 24.8 Å². The molecule has 3 rings (SSSR count). The van der Waals surface area contributed by atoms with Gasteiger partial charge in [0, 0.05) is 57.8 Å². The first-order valence-electron chi connectivity index (χ1n) is 10.2. The molecule has 0 radical (unpaired) electrons. The van der Waals surface area contributed by atoms with Gasteiger partial charge in [-0.1, -0.05) is 30.3 Å². The van der Waals surface area contributed by atoms with Crippen LogP contribution in [-0.4, -0.2) is 84.0 Å². The van der Waals surface area contributed by atoms with E-state index in [4.69, 9.17) is 5.11 Å². The highest BCUT2D eigenvalue weighted by Crippen LogP contribution is 2.27. The van der Waals surface area contributed by atoms with Crippen molar-refractivity contribution >= 4 is 18.0 Å². The van der Waals surface area contributed by atoms with Crippen molar-refractivity contribution in [3.05, 3.63) is 42.0 Å². The van der Waals surface area contributed by atoms with Crippen LogP contribution in [-0.2, 0) is 9.59 Å². The van der Waals surface area contributed by atoms with Gasteiger partial charge < -0.3 is 14.9 Å².